The fourth-order valence-corrected chi connectivity index (χ4v) is 4.84. The average molecular weight is 440 g/mol. The Morgan fingerprint density at radius 3 is 1.62 bits per heavy atom. The van der Waals surface area contributed by atoms with Gasteiger partial charge in [0.15, 0.2) is 0 Å². The van der Waals surface area contributed by atoms with Crippen molar-refractivity contribution in [1.29, 1.82) is 0 Å². The molecule has 5 aromatic rings. The summed E-state index contributed by atoms with van der Waals surface area (Å²) >= 11 is 0. The number of aryl methyl sites for hydroxylation is 2. The molecule has 1 heterocycles. The fourth-order valence-electron chi connectivity index (χ4n) is 4.84. The van der Waals surface area contributed by atoms with E-state index in [9.17, 15) is 0 Å². The fraction of sp³-hybridized carbons (Fsp3) is 0.0625. The minimum absolute atomic E-state index is 0.871. The molecule has 2 heteroatoms. The number of hydrogen-bond donors (Lipinski definition) is 0. The molecule has 0 unspecified atom stereocenters. The van der Waals surface area contributed by atoms with Crippen molar-refractivity contribution < 1.29 is 4.74 Å². The van der Waals surface area contributed by atoms with Crippen molar-refractivity contribution in [2.24, 2.45) is 0 Å². The second-order valence-corrected chi connectivity index (χ2v) is 8.73. The SMILES string of the molecule is Cc1ccccc1N(c1ccc2c(c1)-c1ccccc1-c1ccccc1O2)c1ccccc1C. The van der Waals surface area contributed by atoms with Crippen LogP contribution >= 0.6 is 0 Å². The van der Waals surface area contributed by atoms with Crippen molar-refractivity contribution in [1.82, 2.24) is 0 Å². The molecule has 0 saturated carbocycles. The smallest absolute Gasteiger partial charge is 0.135 e. The van der Waals surface area contributed by atoms with Crippen LogP contribution in [0.3, 0.4) is 0 Å². The highest BCUT2D eigenvalue weighted by Crippen LogP contribution is 2.49. The van der Waals surface area contributed by atoms with Gasteiger partial charge in [0.1, 0.15) is 11.5 Å². The number of hydrogen-bond acceptors (Lipinski definition) is 2. The van der Waals surface area contributed by atoms with Gasteiger partial charge < -0.3 is 9.64 Å². The molecule has 164 valence electrons. The highest BCUT2D eigenvalue weighted by Gasteiger charge is 2.23. The van der Waals surface area contributed by atoms with Crippen LogP contribution in [-0.4, -0.2) is 0 Å². The Morgan fingerprint density at radius 2 is 0.971 bits per heavy atom. The van der Waals surface area contributed by atoms with E-state index in [-0.39, 0.29) is 0 Å². The molecule has 0 bridgehead atoms. The topological polar surface area (TPSA) is 12.5 Å². The molecule has 5 aromatic carbocycles. The van der Waals surface area contributed by atoms with Gasteiger partial charge in [0.05, 0.1) is 0 Å². The molecule has 0 N–H and O–H groups in total. The summed E-state index contributed by atoms with van der Waals surface area (Å²) in [5, 5.41) is 0. The second-order valence-electron chi connectivity index (χ2n) is 8.73. The van der Waals surface area contributed by atoms with Crippen LogP contribution in [0.5, 0.6) is 11.5 Å². The predicted molar refractivity (Wildman–Crippen MR) is 142 cm³/mol. The molecule has 1 aliphatic heterocycles. The van der Waals surface area contributed by atoms with E-state index in [0.717, 1.165) is 28.3 Å². The third-order valence-corrected chi connectivity index (χ3v) is 6.55. The zero-order valence-corrected chi connectivity index (χ0v) is 19.3. The van der Waals surface area contributed by atoms with E-state index in [1.165, 1.54) is 33.6 Å². The van der Waals surface area contributed by atoms with E-state index >= 15 is 0 Å². The number of rotatable bonds is 3. The third-order valence-electron chi connectivity index (χ3n) is 6.55. The molecule has 0 amide bonds. The van der Waals surface area contributed by atoms with Crippen molar-refractivity contribution in [2.45, 2.75) is 13.8 Å². The van der Waals surface area contributed by atoms with Crippen molar-refractivity contribution in [2.75, 3.05) is 4.90 Å². The molecule has 0 saturated heterocycles. The first-order valence-corrected chi connectivity index (χ1v) is 11.6. The number of anilines is 3. The maximum atomic E-state index is 6.46. The number of benzene rings is 5. The van der Waals surface area contributed by atoms with Crippen LogP contribution in [0.15, 0.2) is 115 Å². The standard InChI is InChI=1S/C32H25NO/c1-22-11-3-8-16-29(22)33(30-17-9-4-12-23(30)2)24-19-20-32-28(21-24)26-14-6-5-13-25(26)27-15-7-10-18-31(27)34-32/h3-21H,1-2H3. The van der Waals surface area contributed by atoms with Crippen LogP contribution in [0.1, 0.15) is 11.1 Å². The van der Waals surface area contributed by atoms with Gasteiger partial charge in [0.25, 0.3) is 0 Å². The molecule has 1 aliphatic rings. The molecule has 0 radical (unpaired) electrons. The molecule has 0 atom stereocenters. The summed E-state index contributed by atoms with van der Waals surface area (Å²) in [6, 6.07) is 40.5. The number of ether oxygens (including phenoxy) is 1. The Balaban J connectivity index is 1.60. The third kappa shape index (κ3) is 3.36. The molecule has 2 nitrogen and oxygen atoms in total. The molecule has 34 heavy (non-hydrogen) atoms. The van der Waals surface area contributed by atoms with Crippen LogP contribution in [0.4, 0.5) is 17.1 Å². The zero-order chi connectivity index (χ0) is 23.1. The lowest BCUT2D eigenvalue weighted by Crippen LogP contribution is -2.12. The van der Waals surface area contributed by atoms with Crippen LogP contribution in [0.2, 0.25) is 0 Å². The summed E-state index contributed by atoms with van der Waals surface area (Å²) < 4.78 is 6.46. The van der Waals surface area contributed by atoms with Gasteiger partial charge in [-0.25, -0.2) is 0 Å². The maximum Gasteiger partial charge on any atom is 0.135 e. The largest absolute Gasteiger partial charge is 0.456 e. The molecule has 6 rings (SSSR count). The Morgan fingerprint density at radius 1 is 0.471 bits per heavy atom. The van der Waals surface area contributed by atoms with E-state index in [2.05, 4.69) is 122 Å². The van der Waals surface area contributed by atoms with Crippen LogP contribution in [0, 0.1) is 13.8 Å². The van der Waals surface area contributed by atoms with Gasteiger partial charge in [-0.1, -0.05) is 78.9 Å². The minimum atomic E-state index is 0.871. The van der Waals surface area contributed by atoms with E-state index < -0.39 is 0 Å². The number of nitrogens with zero attached hydrogens (tertiary/aromatic N) is 1. The molecular formula is C32H25NO. The summed E-state index contributed by atoms with van der Waals surface area (Å²) in [5.74, 6) is 1.76. The lowest BCUT2D eigenvalue weighted by atomic mass is 9.94. The number of fused-ring (bicyclic) bond motifs is 5. The minimum Gasteiger partial charge on any atom is -0.456 e. The monoisotopic (exact) mass is 439 g/mol. The maximum absolute atomic E-state index is 6.46. The summed E-state index contributed by atoms with van der Waals surface area (Å²) in [5.41, 5.74) is 10.5. The summed E-state index contributed by atoms with van der Waals surface area (Å²) in [7, 11) is 0. The Kier molecular flexibility index (Phi) is 4.92. The quantitative estimate of drug-likeness (QED) is 0.272. The Bertz CT molecular complexity index is 1470. The summed E-state index contributed by atoms with van der Waals surface area (Å²) in [6.45, 7) is 4.33. The van der Waals surface area contributed by atoms with Crippen molar-refractivity contribution in [3.05, 3.63) is 126 Å². The highest BCUT2D eigenvalue weighted by atomic mass is 16.5. The van der Waals surface area contributed by atoms with Crippen LogP contribution in [-0.2, 0) is 0 Å². The van der Waals surface area contributed by atoms with Crippen molar-refractivity contribution in [3.63, 3.8) is 0 Å². The molecule has 0 aromatic heterocycles. The Labute approximate surface area is 200 Å². The first-order valence-electron chi connectivity index (χ1n) is 11.6. The van der Waals surface area contributed by atoms with Gasteiger partial charge in [0.2, 0.25) is 0 Å². The van der Waals surface area contributed by atoms with Crippen LogP contribution in [0.25, 0.3) is 22.3 Å². The first kappa shape index (κ1) is 20.3. The Hall–Kier alpha value is -4.30. The first-order chi connectivity index (χ1) is 16.7. The average Bonchev–Trinajstić information content (AvgIpc) is 3.01. The van der Waals surface area contributed by atoms with E-state index in [4.69, 9.17) is 4.74 Å². The van der Waals surface area contributed by atoms with Crippen LogP contribution < -0.4 is 9.64 Å². The van der Waals surface area contributed by atoms with Gasteiger partial charge in [-0.2, -0.15) is 0 Å². The van der Waals surface area contributed by atoms with E-state index in [0.29, 0.717) is 0 Å². The summed E-state index contributed by atoms with van der Waals surface area (Å²) in [4.78, 5) is 2.35. The zero-order valence-electron chi connectivity index (χ0n) is 19.3. The van der Waals surface area contributed by atoms with Gasteiger partial charge in [-0.3, -0.25) is 0 Å². The summed E-state index contributed by atoms with van der Waals surface area (Å²) in [6.07, 6.45) is 0. The second kappa shape index (κ2) is 8.24. The van der Waals surface area contributed by atoms with E-state index in [1.54, 1.807) is 0 Å². The van der Waals surface area contributed by atoms with Crippen molar-refractivity contribution in [3.8, 4) is 33.8 Å². The highest BCUT2D eigenvalue weighted by molar-refractivity contribution is 5.93. The van der Waals surface area contributed by atoms with Gasteiger partial charge in [-0.15, -0.1) is 0 Å². The predicted octanol–water partition coefficient (Wildman–Crippen LogP) is 9.21. The normalized spacial score (nSPS) is 11.5. The van der Waals surface area contributed by atoms with E-state index in [1.807, 2.05) is 12.1 Å². The van der Waals surface area contributed by atoms with Crippen molar-refractivity contribution >= 4 is 17.1 Å². The lowest BCUT2D eigenvalue weighted by molar-refractivity contribution is 0.488. The molecular weight excluding hydrogens is 414 g/mol. The number of para-hydroxylation sites is 3. The molecule has 0 fully saturated rings. The van der Waals surface area contributed by atoms with Gasteiger partial charge >= 0.3 is 0 Å². The molecule has 0 aliphatic carbocycles. The van der Waals surface area contributed by atoms with Gasteiger partial charge in [0, 0.05) is 28.2 Å². The van der Waals surface area contributed by atoms with Gasteiger partial charge in [-0.05, 0) is 72.5 Å². The molecule has 0 spiro atoms. The lowest BCUT2D eigenvalue weighted by Gasteiger charge is -2.29.